The monoisotopic (exact) mass is 424 g/mol. The van der Waals surface area contributed by atoms with Crippen LogP contribution in [-0.4, -0.2) is 46.5 Å². The van der Waals surface area contributed by atoms with Crippen molar-refractivity contribution >= 4 is 23.1 Å². The molecule has 7 nitrogen and oxygen atoms in total. The highest BCUT2D eigenvalue weighted by Gasteiger charge is 2.41. The molecule has 1 unspecified atom stereocenters. The summed E-state index contributed by atoms with van der Waals surface area (Å²) in [5, 5.41) is 4.53. The van der Waals surface area contributed by atoms with Crippen LogP contribution in [-0.2, 0) is 16.0 Å². The molecule has 3 aromatic rings. The standard InChI is InChI=1S/C23H25FN4O3/c1-5-15-11-19(14(2)29)25-21-12-20(26-28(15)21)17-7-6-16(10-18(17)24)27-9-8-23(3,13-27)22(30)31-4/h6-7,10-12H,5,8-9,13H2,1-4H3. The summed E-state index contributed by atoms with van der Waals surface area (Å²) >= 11 is 0. The van der Waals surface area contributed by atoms with E-state index >= 15 is 4.39 Å². The number of hydrogen-bond acceptors (Lipinski definition) is 6. The van der Waals surface area contributed by atoms with Gasteiger partial charge >= 0.3 is 5.97 Å². The lowest BCUT2D eigenvalue weighted by Gasteiger charge is -2.23. The van der Waals surface area contributed by atoms with Crippen LogP contribution < -0.4 is 4.90 Å². The van der Waals surface area contributed by atoms with Gasteiger partial charge in [0.1, 0.15) is 11.5 Å². The lowest BCUT2D eigenvalue weighted by Crippen LogP contribution is -2.32. The molecule has 0 saturated carbocycles. The highest BCUT2D eigenvalue weighted by molar-refractivity contribution is 5.92. The van der Waals surface area contributed by atoms with Gasteiger partial charge in [-0.2, -0.15) is 5.10 Å². The zero-order valence-corrected chi connectivity index (χ0v) is 18.1. The highest BCUT2D eigenvalue weighted by atomic mass is 19.1. The number of hydrogen-bond donors (Lipinski definition) is 0. The Labute approximate surface area is 179 Å². The average Bonchev–Trinajstić information content (AvgIpc) is 3.36. The summed E-state index contributed by atoms with van der Waals surface area (Å²) < 4.78 is 21.6. The van der Waals surface area contributed by atoms with Crippen LogP contribution in [0.3, 0.4) is 0 Å². The van der Waals surface area contributed by atoms with Crippen LogP contribution in [0.4, 0.5) is 10.1 Å². The quantitative estimate of drug-likeness (QED) is 0.459. The maximum Gasteiger partial charge on any atom is 0.313 e. The third-order valence-electron chi connectivity index (χ3n) is 5.97. The van der Waals surface area contributed by atoms with Gasteiger partial charge in [-0.1, -0.05) is 6.92 Å². The van der Waals surface area contributed by atoms with Crippen LogP contribution in [0.5, 0.6) is 0 Å². The first-order valence-corrected chi connectivity index (χ1v) is 10.3. The smallest absolute Gasteiger partial charge is 0.313 e. The van der Waals surface area contributed by atoms with Crippen molar-refractivity contribution in [1.29, 1.82) is 0 Å². The number of carbonyl (C=O) groups is 2. The van der Waals surface area contributed by atoms with E-state index in [1.54, 1.807) is 22.7 Å². The van der Waals surface area contributed by atoms with Crippen molar-refractivity contribution in [3.63, 3.8) is 0 Å². The van der Waals surface area contributed by atoms with Gasteiger partial charge in [0.2, 0.25) is 0 Å². The number of nitrogens with zero attached hydrogens (tertiary/aromatic N) is 4. The van der Waals surface area contributed by atoms with E-state index < -0.39 is 11.2 Å². The molecule has 0 aliphatic carbocycles. The maximum absolute atomic E-state index is 15.1. The molecule has 31 heavy (non-hydrogen) atoms. The third kappa shape index (κ3) is 3.66. The summed E-state index contributed by atoms with van der Waals surface area (Å²) in [6.45, 7) is 6.43. The largest absolute Gasteiger partial charge is 0.469 e. The zero-order chi connectivity index (χ0) is 22.3. The Kier molecular flexibility index (Phi) is 5.24. The van der Waals surface area contributed by atoms with Gasteiger partial charge in [0.15, 0.2) is 11.4 Å². The Balaban J connectivity index is 1.67. The van der Waals surface area contributed by atoms with Crippen LogP contribution in [0.15, 0.2) is 30.3 Å². The molecular weight excluding hydrogens is 399 g/mol. The van der Waals surface area contributed by atoms with Crippen LogP contribution in [0.1, 0.15) is 43.4 Å². The Morgan fingerprint density at radius 1 is 1.26 bits per heavy atom. The number of esters is 1. The summed E-state index contributed by atoms with van der Waals surface area (Å²) in [4.78, 5) is 30.2. The predicted molar refractivity (Wildman–Crippen MR) is 115 cm³/mol. The number of methoxy groups -OCH3 is 1. The molecular formula is C23H25FN4O3. The first kappa shape index (κ1) is 21.0. The molecule has 1 saturated heterocycles. The molecule has 4 rings (SSSR count). The SMILES string of the molecule is CCc1cc(C(C)=O)nc2cc(-c3ccc(N4CCC(C)(C(=O)OC)C4)cc3F)nn12. The summed E-state index contributed by atoms with van der Waals surface area (Å²) in [6, 6.07) is 8.40. The van der Waals surface area contributed by atoms with E-state index in [2.05, 4.69) is 10.1 Å². The minimum absolute atomic E-state index is 0.125. The molecule has 1 fully saturated rings. The van der Waals surface area contributed by atoms with Gasteiger partial charge in [-0.15, -0.1) is 0 Å². The maximum atomic E-state index is 15.1. The van der Waals surface area contributed by atoms with E-state index in [-0.39, 0.29) is 11.8 Å². The van der Waals surface area contributed by atoms with Crippen LogP contribution in [0.25, 0.3) is 16.9 Å². The number of fused-ring (bicyclic) bond motifs is 1. The number of aromatic nitrogens is 3. The van der Waals surface area contributed by atoms with Crippen molar-refractivity contribution < 1.29 is 18.7 Å². The average molecular weight is 424 g/mol. The van der Waals surface area contributed by atoms with Crippen molar-refractivity contribution in [2.45, 2.75) is 33.6 Å². The Morgan fingerprint density at radius 2 is 2.03 bits per heavy atom. The normalized spacial score (nSPS) is 18.5. The molecule has 0 bridgehead atoms. The van der Waals surface area contributed by atoms with E-state index in [1.807, 2.05) is 24.8 Å². The first-order chi connectivity index (χ1) is 14.8. The molecule has 1 atom stereocenters. The number of benzene rings is 1. The molecule has 1 aliphatic rings. The van der Waals surface area contributed by atoms with E-state index in [4.69, 9.17) is 4.74 Å². The van der Waals surface area contributed by atoms with Gasteiger partial charge in [0.25, 0.3) is 0 Å². The van der Waals surface area contributed by atoms with Gasteiger partial charge in [0.05, 0.1) is 18.2 Å². The van der Waals surface area contributed by atoms with Crippen LogP contribution in [0, 0.1) is 11.2 Å². The van der Waals surface area contributed by atoms with E-state index in [1.165, 1.54) is 20.1 Å². The van der Waals surface area contributed by atoms with Crippen LogP contribution in [0.2, 0.25) is 0 Å². The molecule has 1 aliphatic heterocycles. The highest BCUT2D eigenvalue weighted by Crippen LogP contribution is 2.35. The molecule has 0 radical (unpaired) electrons. The summed E-state index contributed by atoms with van der Waals surface area (Å²) in [7, 11) is 1.39. The van der Waals surface area contributed by atoms with Gasteiger partial charge in [-0.05, 0) is 44.0 Å². The number of ketones is 1. The van der Waals surface area contributed by atoms with Crippen molar-refractivity contribution in [2.24, 2.45) is 5.41 Å². The van der Waals surface area contributed by atoms with E-state index in [0.29, 0.717) is 54.2 Å². The fourth-order valence-electron chi connectivity index (χ4n) is 4.10. The Bertz CT molecular complexity index is 1190. The third-order valence-corrected chi connectivity index (χ3v) is 5.97. The molecule has 0 amide bonds. The molecule has 3 heterocycles. The number of anilines is 1. The Hall–Kier alpha value is -3.29. The number of ether oxygens (including phenoxy) is 1. The molecule has 0 spiro atoms. The van der Waals surface area contributed by atoms with Crippen molar-refractivity contribution in [3.8, 4) is 11.3 Å². The van der Waals surface area contributed by atoms with Gasteiger partial charge in [0, 0.05) is 43.0 Å². The molecule has 162 valence electrons. The number of Topliss-reactive ketones (excluding diaryl/α,β-unsaturated/α-hetero) is 1. The second-order valence-corrected chi connectivity index (χ2v) is 8.23. The lowest BCUT2D eigenvalue weighted by atomic mass is 9.90. The summed E-state index contributed by atoms with van der Waals surface area (Å²) in [5.74, 6) is -0.779. The topological polar surface area (TPSA) is 76.8 Å². The summed E-state index contributed by atoms with van der Waals surface area (Å²) in [5.41, 5.74) is 2.64. The van der Waals surface area contributed by atoms with Crippen molar-refractivity contribution in [2.75, 3.05) is 25.1 Å². The fraction of sp³-hybridized carbons (Fsp3) is 0.391. The van der Waals surface area contributed by atoms with Crippen molar-refractivity contribution in [3.05, 3.63) is 47.5 Å². The number of carbonyl (C=O) groups excluding carboxylic acids is 2. The zero-order valence-electron chi connectivity index (χ0n) is 18.1. The van der Waals surface area contributed by atoms with Gasteiger partial charge in [-0.25, -0.2) is 13.9 Å². The fourth-order valence-corrected chi connectivity index (χ4v) is 4.10. The summed E-state index contributed by atoms with van der Waals surface area (Å²) in [6.07, 6.45) is 1.31. The Morgan fingerprint density at radius 3 is 2.68 bits per heavy atom. The first-order valence-electron chi connectivity index (χ1n) is 10.3. The van der Waals surface area contributed by atoms with Gasteiger partial charge < -0.3 is 9.64 Å². The minimum Gasteiger partial charge on any atom is -0.469 e. The molecule has 8 heteroatoms. The number of halogens is 1. The number of aryl methyl sites for hydroxylation is 1. The van der Waals surface area contributed by atoms with E-state index in [0.717, 1.165) is 5.69 Å². The second-order valence-electron chi connectivity index (χ2n) is 8.23. The van der Waals surface area contributed by atoms with Crippen LogP contribution >= 0.6 is 0 Å². The lowest BCUT2D eigenvalue weighted by molar-refractivity contribution is -0.150. The molecule has 0 N–H and O–H groups in total. The molecule has 2 aromatic heterocycles. The van der Waals surface area contributed by atoms with Gasteiger partial charge in [-0.3, -0.25) is 9.59 Å². The minimum atomic E-state index is -0.595. The second kappa shape index (κ2) is 7.76. The van der Waals surface area contributed by atoms with Crippen molar-refractivity contribution in [1.82, 2.24) is 14.6 Å². The predicted octanol–water partition coefficient (Wildman–Crippen LogP) is 3.69. The molecule has 1 aromatic carbocycles. The number of rotatable bonds is 5. The van der Waals surface area contributed by atoms with E-state index in [9.17, 15) is 9.59 Å².